The maximum absolute atomic E-state index is 14.1. The number of nitrogens with zero attached hydrogens (tertiary/aromatic N) is 1. The van der Waals surface area contributed by atoms with Gasteiger partial charge in [-0.25, -0.2) is 14.2 Å². The largest absolute Gasteiger partial charge is 0.492 e. The highest BCUT2D eigenvalue weighted by molar-refractivity contribution is 6.30. The van der Waals surface area contributed by atoms with Crippen molar-refractivity contribution in [2.45, 2.75) is 40.2 Å². The molecule has 3 rings (SSSR count). The Morgan fingerprint density at radius 2 is 1.62 bits per heavy atom. The predicted octanol–water partition coefficient (Wildman–Crippen LogP) is 6.31. The lowest BCUT2D eigenvalue weighted by atomic mass is 9.95. The fraction of sp³-hybridized carbons (Fsp3) is 0.310. The van der Waals surface area contributed by atoms with E-state index in [1.165, 1.54) is 12.3 Å². The van der Waals surface area contributed by atoms with Crippen LogP contribution < -0.4 is 20.7 Å². The molecule has 11 heteroatoms. The summed E-state index contributed by atoms with van der Waals surface area (Å²) in [4.78, 5) is 42.2. The number of benzene rings is 2. The van der Waals surface area contributed by atoms with Gasteiger partial charge in [0.2, 0.25) is 0 Å². The van der Waals surface area contributed by atoms with Gasteiger partial charge in [-0.3, -0.25) is 9.59 Å². The van der Waals surface area contributed by atoms with Crippen LogP contribution >= 0.6 is 11.6 Å². The smallest absolute Gasteiger partial charge is 0.407 e. The van der Waals surface area contributed by atoms with Crippen molar-refractivity contribution in [2.24, 2.45) is 5.41 Å². The third-order valence-corrected chi connectivity index (χ3v) is 5.53. The molecular formula is C29H32ClFN4O5. The molecule has 0 saturated heterocycles. The van der Waals surface area contributed by atoms with E-state index in [1.807, 2.05) is 13.8 Å². The van der Waals surface area contributed by atoms with Gasteiger partial charge in [0.1, 0.15) is 23.0 Å². The molecule has 0 aliphatic heterocycles. The van der Waals surface area contributed by atoms with Gasteiger partial charge < -0.3 is 25.4 Å². The van der Waals surface area contributed by atoms with Crippen LogP contribution in [0, 0.1) is 11.2 Å². The van der Waals surface area contributed by atoms with E-state index in [0.29, 0.717) is 5.02 Å². The number of carbonyl (C=O) groups excluding carboxylic acids is 3. The highest BCUT2D eigenvalue weighted by Crippen LogP contribution is 2.26. The van der Waals surface area contributed by atoms with Crippen LogP contribution in [-0.2, 0) is 4.74 Å². The second-order valence-corrected chi connectivity index (χ2v) is 11.2. The van der Waals surface area contributed by atoms with Gasteiger partial charge in [-0.05, 0) is 57.2 Å². The zero-order valence-electron chi connectivity index (χ0n) is 22.9. The molecule has 3 aromatic rings. The number of carbonyl (C=O) groups is 3. The molecule has 0 atom stereocenters. The minimum Gasteiger partial charge on any atom is -0.492 e. The van der Waals surface area contributed by atoms with Crippen molar-refractivity contribution in [3.8, 4) is 5.75 Å². The third kappa shape index (κ3) is 9.23. The number of alkyl carbamates (subject to hydrolysis) is 1. The monoisotopic (exact) mass is 570 g/mol. The number of anilines is 2. The molecular weight excluding hydrogens is 539 g/mol. The number of aromatic nitrogens is 1. The molecule has 40 heavy (non-hydrogen) atoms. The second kappa shape index (κ2) is 12.8. The topological polar surface area (TPSA) is 119 Å². The molecule has 0 spiro atoms. The number of hydrogen-bond acceptors (Lipinski definition) is 6. The predicted molar refractivity (Wildman–Crippen MR) is 152 cm³/mol. The van der Waals surface area contributed by atoms with Crippen LogP contribution in [-0.4, -0.2) is 41.6 Å². The molecule has 2 aromatic carbocycles. The summed E-state index contributed by atoms with van der Waals surface area (Å²) in [6.45, 7) is 9.24. The summed E-state index contributed by atoms with van der Waals surface area (Å²) in [5.74, 6) is -1.40. The van der Waals surface area contributed by atoms with Gasteiger partial charge in [-0.1, -0.05) is 37.6 Å². The van der Waals surface area contributed by atoms with E-state index in [-0.39, 0.29) is 41.5 Å². The Kier molecular flexibility index (Phi) is 9.70. The first-order chi connectivity index (χ1) is 18.7. The maximum atomic E-state index is 14.1. The van der Waals surface area contributed by atoms with Gasteiger partial charge in [0.15, 0.2) is 0 Å². The van der Waals surface area contributed by atoms with E-state index in [4.69, 9.17) is 21.1 Å². The van der Waals surface area contributed by atoms with Crippen molar-refractivity contribution >= 4 is 41.0 Å². The lowest BCUT2D eigenvalue weighted by Gasteiger charge is -2.27. The van der Waals surface area contributed by atoms with Crippen LogP contribution in [0.3, 0.4) is 0 Å². The van der Waals surface area contributed by atoms with Crippen LogP contribution in [0.1, 0.15) is 55.3 Å². The Hall–Kier alpha value is -4.18. The minimum atomic E-state index is -0.638. The molecule has 0 aliphatic carbocycles. The lowest BCUT2D eigenvalue weighted by molar-refractivity contribution is 0.0492. The summed E-state index contributed by atoms with van der Waals surface area (Å²) >= 11 is 5.85. The first-order valence-electron chi connectivity index (χ1n) is 12.4. The highest BCUT2D eigenvalue weighted by Gasteiger charge is 2.24. The van der Waals surface area contributed by atoms with Crippen molar-refractivity contribution in [1.82, 2.24) is 10.3 Å². The highest BCUT2D eigenvalue weighted by atomic mass is 35.5. The molecule has 1 aromatic heterocycles. The Balaban J connectivity index is 1.71. The quantitative estimate of drug-likeness (QED) is 0.277. The summed E-state index contributed by atoms with van der Waals surface area (Å²) in [5, 5.41) is 8.47. The fourth-order valence-electron chi connectivity index (χ4n) is 3.37. The summed E-state index contributed by atoms with van der Waals surface area (Å²) < 4.78 is 25.2. The standard InChI is InChI=1S/C29H32ClFN4O5/c1-28(2,3)40-27(38)33-16-29(4,5)17-39-23-14-19(31)11-12-21(23)26(37)34-22-9-7-6-8-20(22)25(36)35-24-13-10-18(30)15-32-24/h6-15H,16-17H2,1-5H3,(H,33,38)(H,34,37)(H,32,35,36). The van der Waals surface area contributed by atoms with Crippen molar-refractivity contribution in [3.63, 3.8) is 0 Å². The Morgan fingerprint density at radius 3 is 2.30 bits per heavy atom. The van der Waals surface area contributed by atoms with Gasteiger partial charge in [-0.2, -0.15) is 0 Å². The molecule has 0 bridgehead atoms. The molecule has 3 amide bonds. The Labute approximate surface area is 237 Å². The van der Waals surface area contributed by atoms with Crippen molar-refractivity contribution in [1.29, 1.82) is 0 Å². The van der Waals surface area contributed by atoms with E-state index in [2.05, 4.69) is 20.9 Å². The number of amides is 3. The number of rotatable bonds is 9. The summed E-state index contributed by atoms with van der Waals surface area (Å²) in [6, 6.07) is 13.1. The Bertz CT molecular complexity index is 1370. The zero-order valence-corrected chi connectivity index (χ0v) is 23.7. The van der Waals surface area contributed by atoms with Crippen LogP contribution in [0.5, 0.6) is 5.75 Å². The number of ether oxygens (including phenoxy) is 2. The van der Waals surface area contributed by atoms with E-state index in [1.54, 1.807) is 57.2 Å². The van der Waals surface area contributed by atoms with Crippen LogP contribution in [0.15, 0.2) is 60.8 Å². The summed E-state index contributed by atoms with van der Waals surface area (Å²) in [6.07, 6.45) is 0.830. The van der Waals surface area contributed by atoms with E-state index < -0.39 is 34.7 Å². The number of nitrogens with one attached hydrogen (secondary N) is 3. The minimum absolute atomic E-state index is 0.00939. The van der Waals surface area contributed by atoms with Crippen LogP contribution in [0.2, 0.25) is 5.02 Å². The SMILES string of the molecule is CC(C)(CNC(=O)OC(C)(C)C)COc1cc(F)ccc1C(=O)Nc1ccccc1C(=O)Nc1ccc(Cl)cn1. The molecule has 1 heterocycles. The van der Waals surface area contributed by atoms with Crippen molar-refractivity contribution in [3.05, 3.63) is 82.8 Å². The lowest BCUT2D eigenvalue weighted by Crippen LogP contribution is -2.40. The molecule has 0 aliphatic rings. The van der Waals surface area contributed by atoms with Gasteiger partial charge in [0, 0.05) is 24.2 Å². The molecule has 0 unspecified atom stereocenters. The number of halogens is 2. The maximum Gasteiger partial charge on any atom is 0.407 e. The van der Waals surface area contributed by atoms with Gasteiger partial charge in [0.25, 0.3) is 11.8 Å². The van der Waals surface area contributed by atoms with Crippen LogP contribution in [0.4, 0.5) is 20.7 Å². The second-order valence-electron chi connectivity index (χ2n) is 10.8. The molecule has 0 fully saturated rings. The van der Waals surface area contributed by atoms with E-state index >= 15 is 0 Å². The zero-order chi connectivity index (χ0) is 29.5. The fourth-order valence-corrected chi connectivity index (χ4v) is 3.48. The average Bonchev–Trinajstić information content (AvgIpc) is 2.87. The van der Waals surface area contributed by atoms with Crippen molar-refractivity contribution in [2.75, 3.05) is 23.8 Å². The third-order valence-electron chi connectivity index (χ3n) is 5.31. The Morgan fingerprint density at radius 1 is 0.925 bits per heavy atom. The number of pyridine rings is 1. The number of para-hydroxylation sites is 1. The molecule has 0 saturated carbocycles. The molecule has 3 N–H and O–H groups in total. The molecule has 212 valence electrons. The van der Waals surface area contributed by atoms with Gasteiger partial charge in [-0.15, -0.1) is 0 Å². The normalized spacial score (nSPS) is 11.4. The van der Waals surface area contributed by atoms with E-state index in [9.17, 15) is 18.8 Å². The summed E-state index contributed by atoms with van der Waals surface area (Å²) in [5.41, 5.74) is -0.743. The van der Waals surface area contributed by atoms with Gasteiger partial charge >= 0.3 is 6.09 Å². The van der Waals surface area contributed by atoms with Crippen LogP contribution in [0.25, 0.3) is 0 Å². The van der Waals surface area contributed by atoms with E-state index in [0.717, 1.165) is 12.1 Å². The first kappa shape index (κ1) is 30.4. The molecule has 0 radical (unpaired) electrons. The molecule has 9 nitrogen and oxygen atoms in total. The van der Waals surface area contributed by atoms with Crippen molar-refractivity contribution < 1.29 is 28.2 Å². The average molecular weight is 571 g/mol. The number of hydrogen-bond donors (Lipinski definition) is 3. The summed E-state index contributed by atoms with van der Waals surface area (Å²) in [7, 11) is 0. The first-order valence-corrected chi connectivity index (χ1v) is 12.8. The van der Waals surface area contributed by atoms with Gasteiger partial charge in [0.05, 0.1) is 28.4 Å².